The van der Waals surface area contributed by atoms with Crippen molar-refractivity contribution in [3.63, 3.8) is 0 Å². The van der Waals surface area contributed by atoms with Crippen LogP contribution in [0.2, 0.25) is 0 Å². The zero-order chi connectivity index (χ0) is 21.6. The molecule has 2 aromatic carbocycles. The van der Waals surface area contributed by atoms with Gasteiger partial charge in [-0.3, -0.25) is 4.79 Å². The third-order valence-electron chi connectivity index (χ3n) is 4.07. The van der Waals surface area contributed by atoms with E-state index in [1.807, 2.05) is 31.2 Å². The van der Waals surface area contributed by atoms with Crippen LogP contribution in [-0.4, -0.2) is 38.1 Å². The molecule has 8 heteroatoms. The van der Waals surface area contributed by atoms with Crippen LogP contribution in [-0.2, 0) is 17.8 Å². The standard InChI is InChI=1S/C23H29FN4O2.HI/c1-3-14-30-21-11-6-5-9-19(21)17-28-23(25-4-2)27-13-12-26-22(29)16-18-8-7-10-20(24)15-18;/h3,5-11,15H,1,4,12-14,16-17H2,2H3,(H,26,29)(H2,25,27,28);1H. The number of benzene rings is 2. The monoisotopic (exact) mass is 540 g/mol. The lowest BCUT2D eigenvalue weighted by atomic mass is 10.1. The maximum absolute atomic E-state index is 13.2. The van der Waals surface area contributed by atoms with Crippen molar-refractivity contribution in [1.82, 2.24) is 16.0 Å². The molecule has 3 N–H and O–H groups in total. The number of aliphatic imine (C=N–C) groups is 1. The van der Waals surface area contributed by atoms with Crippen LogP contribution in [0, 0.1) is 5.82 Å². The van der Waals surface area contributed by atoms with Crippen LogP contribution in [0.25, 0.3) is 0 Å². The van der Waals surface area contributed by atoms with E-state index in [4.69, 9.17) is 4.74 Å². The second-order valence-corrected chi connectivity index (χ2v) is 6.49. The van der Waals surface area contributed by atoms with Gasteiger partial charge in [-0.1, -0.05) is 43.0 Å². The molecule has 0 aliphatic carbocycles. The van der Waals surface area contributed by atoms with Gasteiger partial charge in [-0.25, -0.2) is 9.38 Å². The first-order valence-electron chi connectivity index (χ1n) is 9.97. The Morgan fingerprint density at radius 2 is 1.90 bits per heavy atom. The topological polar surface area (TPSA) is 74.8 Å². The van der Waals surface area contributed by atoms with Crippen molar-refractivity contribution in [1.29, 1.82) is 0 Å². The molecule has 0 bridgehead atoms. The van der Waals surface area contributed by atoms with Gasteiger partial charge in [0.05, 0.1) is 13.0 Å². The Hall–Kier alpha value is -2.62. The van der Waals surface area contributed by atoms with Crippen molar-refractivity contribution in [2.45, 2.75) is 19.9 Å². The number of nitrogens with zero attached hydrogens (tertiary/aromatic N) is 1. The maximum atomic E-state index is 13.2. The van der Waals surface area contributed by atoms with Gasteiger partial charge in [0.15, 0.2) is 5.96 Å². The zero-order valence-corrected chi connectivity index (χ0v) is 20.0. The molecular formula is C23H30FIN4O2. The van der Waals surface area contributed by atoms with Crippen LogP contribution in [0.5, 0.6) is 5.75 Å². The van der Waals surface area contributed by atoms with Gasteiger partial charge in [0, 0.05) is 25.2 Å². The Morgan fingerprint density at radius 3 is 2.65 bits per heavy atom. The largest absolute Gasteiger partial charge is 0.489 e. The molecule has 168 valence electrons. The third-order valence-corrected chi connectivity index (χ3v) is 4.07. The summed E-state index contributed by atoms with van der Waals surface area (Å²) < 4.78 is 18.9. The zero-order valence-electron chi connectivity index (χ0n) is 17.7. The van der Waals surface area contributed by atoms with Crippen molar-refractivity contribution >= 4 is 35.8 Å². The molecule has 0 aliphatic rings. The lowest BCUT2D eigenvalue weighted by Gasteiger charge is -2.13. The molecule has 31 heavy (non-hydrogen) atoms. The first kappa shape index (κ1) is 26.4. The van der Waals surface area contributed by atoms with Gasteiger partial charge in [0.1, 0.15) is 18.2 Å². The summed E-state index contributed by atoms with van der Waals surface area (Å²) in [4.78, 5) is 16.6. The first-order valence-corrected chi connectivity index (χ1v) is 9.97. The van der Waals surface area contributed by atoms with E-state index >= 15 is 0 Å². The maximum Gasteiger partial charge on any atom is 0.224 e. The number of rotatable bonds is 11. The van der Waals surface area contributed by atoms with Crippen molar-refractivity contribution < 1.29 is 13.9 Å². The predicted molar refractivity (Wildman–Crippen MR) is 133 cm³/mol. The minimum atomic E-state index is -0.343. The van der Waals surface area contributed by atoms with Crippen molar-refractivity contribution in [3.05, 3.63) is 78.1 Å². The number of amides is 1. The summed E-state index contributed by atoms with van der Waals surface area (Å²) in [6, 6.07) is 13.8. The number of halogens is 2. The lowest BCUT2D eigenvalue weighted by Crippen LogP contribution is -2.41. The van der Waals surface area contributed by atoms with E-state index in [1.165, 1.54) is 12.1 Å². The predicted octanol–water partition coefficient (Wildman–Crippen LogP) is 3.42. The van der Waals surface area contributed by atoms with Gasteiger partial charge in [0.25, 0.3) is 0 Å². The number of ether oxygens (including phenoxy) is 1. The summed E-state index contributed by atoms with van der Waals surface area (Å²) in [6.45, 7) is 8.20. The van der Waals surface area contributed by atoms with Crippen LogP contribution in [0.3, 0.4) is 0 Å². The van der Waals surface area contributed by atoms with E-state index in [9.17, 15) is 9.18 Å². The molecule has 6 nitrogen and oxygen atoms in total. The molecule has 0 spiro atoms. The minimum absolute atomic E-state index is 0. The number of nitrogens with one attached hydrogen (secondary N) is 3. The second-order valence-electron chi connectivity index (χ2n) is 6.49. The molecule has 2 rings (SSSR count). The fraction of sp³-hybridized carbons (Fsp3) is 0.304. The van der Waals surface area contributed by atoms with Gasteiger partial charge in [-0.2, -0.15) is 0 Å². The van der Waals surface area contributed by atoms with Gasteiger partial charge in [-0.15, -0.1) is 24.0 Å². The Morgan fingerprint density at radius 1 is 1.13 bits per heavy atom. The highest BCUT2D eigenvalue weighted by atomic mass is 127. The normalized spacial score (nSPS) is 10.6. The van der Waals surface area contributed by atoms with Crippen LogP contribution >= 0.6 is 24.0 Å². The minimum Gasteiger partial charge on any atom is -0.489 e. The Bertz CT molecular complexity index is 861. The molecule has 0 atom stereocenters. The second kappa shape index (κ2) is 15.2. The van der Waals surface area contributed by atoms with E-state index in [1.54, 1.807) is 18.2 Å². The first-order chi connectivity index (χ1) is 14.6. The molecule has 0 saturated carbocycles. The van der Waals surface area contributed by atoms with Crippen LogP contribution in [0.15, 0.2) is 66.2 Å². The number of hydrogen-bond acceptors (Lipinski definition) is 3. The van der Waals surface area contributed by atoms with Gasteiger partial charge >= 0.3 is 0 Å². The summed E-state index contributed by atoms with van der Waals surface area (Å²) >= 11 is 0. The highest BCUT2D eigenvalue weighted by Crippen LogP contribution is 2.18. The number of carbonyl (C=O) groups is 1. The molecule has 0 fully saturated rings. The molecule has 0 saturated heterocycles. The summed E-state index contributed by atoms with van der Waals surface area (Å²) in [5, 5.41) is 9.18. The molecular weight excluding hydrogens is 510 g/mol. The number of guanidine groups is 1. The number of hydrogen-bond donors (Lipinski definition) is 3. The van der Waals surface area contributed by atoms with E-state index in [2.05, 4.69) is 27.5 Å². The smallest absolute Gasteiger partial charge is 0.224 e. The highest BCUT2D eigenvalue weighted by molar-refractivity contribution is 14.0. The van der Waals surface area contributed by atoms with E-state index < -0.39 is 0 Å². The van der Waals surface area contributed by atoms with Crippen LogP contribution in [0.4, 0.5) is 4.39 Å². The Labute approximate surface area is 200 Å². The van der Waals surface area contributed by atoms with E-state index in [0.717, 1.165) is 11.3 Å². The molecule has 0 radical (unpaired) electrons. The Kier molecular flexibility index (Phi) is 13.0. The number of carbonyl (C=O) groups excluding carboxylic acids is 1. The molecule has 0 aromatic heterocycles. The van der Waals surface area contributed by atoms with Crippen molar-refractivity contribution in [3.8, 4) is 5.75 Å². The molecule has 1 amide bonds. The average molecular weight is 540 g/mol. The summed E-state index contributed by atoms with van der Waals surface area (Å²) in [5.41, 5.74) is 1.62. The van der Waals surface area contributed by atoms with E-state index in [0.29, 0.717) is 44.3 Å². The lowest BCUT2D eigenvalue weighted by molar-refractivity contribution is -0.120. The third kappa shape index (κ3) is 10.3. The van der Waals surface area contributed by atoms with Crippen molar-refractivity contribution in [2.75, 3.05) is 26.2 Å². The van der Waals surface area contributed by atoms with Crippen molar-refractivity contribution in [2.24, 2.45) is 4.99 Å². The van der Waals surface area contributed by atoms with Gasteiger partial charge < -0.3 is 20.7 Å². The summed E-state index contributed by atoms with van der Waals surface area (Å²) in [6.07, 6.45) is 1.85. The van der Waals surface area contributed by atoms with E-state index in [-0.39, 0.29) is 42.1 Å². The highest BCUT2D eigenvalue weighted by Gasteiger charge is 2.05. The molecule has 0 unspecified atom stereocenters. The molecule has 2 aromatic rings. The van der Waals surface area contributed by atoms with Gasteiger partial charge in [-0.05, 0) is 30.7 Å². The number of para-hydroxylation sites is 1. The fourth-order valence-electron chi connectivity index (χ4n) is 2.71. The molecule has 0 aliphatic heterocycles. The quantitative estimate of drug-likeness (QED) is 0.134. The molecule has 0 heterocycles. The van der Waals surface area contributed by atoms with Crippen LogP contribution in [0.1, 0.15) is 18.1 Å². The van der Waals surface area contributed by atoms with Crippen LogP contribution < -0.4 is 20.7 Å². The summed E-state index contributed by atoms with van der Waals surface area (Å²) in [5.74, 6) is 0.930. The van der Waals surface area contributed by atoms with Gasteiger partial charge in [0.2, 0.25) is 5.91 Å². The average Bonchev–Trinajstić information content (AvgIpc) is 2.74. The SMILES string of the molecule is C=CCOc1ccccc1CN=C(NCC)NCCNC(=O)Cc1cccc(F)c1.I. The Balaban J connectivity index is 0.00000480. The summed E-state index contributed by atoms with van der Waals surface area (Å²) in [7, 11) is 0. The fourth-order valence-corrected chi connectivity index (χ4v) is 2.71.